The first kappa shape index (κ1) is 18.4. The molecule has 2 rings (SSSR count). The smallest absolute Gasteiger partial charge is 0.387 e. The van der Waals surface area contributed by atoms with Crippen LogP contribution in [0.1, 0.15) is 44.7 Å². The van der Waals surface area contributed by atoms with Crippen molar-refractivity contribution in [3.05, 3.63) is 29.8 Å². The summed E-state index contributed by atoms with van der Waals surface area (Å²) in [5.74, 6) is 0.0557. The summed E-state index contributed by atoms with van der Waals surface area (Å²) in [6.07, 6.45) is 2.66. The average Bonchev–Trinajstić information content (AvgIpc) is 2.88. The Morgan fingerprint density at radius 3 is 2.92 bits per heavy atom. The van der Waals surface area contributed by atoms with E-state index in [2.05, 4.69) is 15.4 Å². The number of carbonyl (C=O) groups is 1. The molecule has 0 heterocycles. The summed E-state index contributed by atoms with van der Waals surface area (Å²) >= 11 is 0. The molecule has 2 amide bonds. The topological polar surface area (TPSA) is 70.6 Å². The fourth-order valence-corrected chi connectivity index (χ4v) is 3.11. The number of aliphatic hydroxyl groups is 1. The van der Waals surface area contributed by atoms with Crippen LogP contribution < -0.4 is 15.4 Å². The number of hydrogen-bond acceptors (Lipinski definition) is 3. The number of ether oxygens (including phenoxy) is 1. The number of nitrogens with one attached hydrogen (secondary N) is 2. The standard InChI is InChI=1S/C17H24F2N2O3/c1-11(12-5-3-6-13(9-12)24-15(18)19)20-16(23)21-14-7-4-8-17(14,2)10-22/h3,5-6,9,11,14-15,22H,4,7-8,10H2,1-2H3,(H2,20,21,23). The first-order valence-corrected chi connectivity index (χ1v) is 8.07. The fraction of sp³-hybridized carbons (Fsp3) is 0.588. The second-order valence-corrected chi connectivity index (χ2v) is 6.55. The molecule has 7 heteroatoms. The van der Waals surface area contributed by atoms with Gasteiger partial charge in [0, 0.05) is 11.5 Å². The summed E-state index contributed by atoms with van der Waals surface area (Å²) in [7, 11) is 0. The van der Waals surface area contributed by atoms with E-state index in [-0.39, 0.29) is 35.9 Å². The molecule has 24 heavy (non-hydrogen) atoms. The molecule has 1 fully saturated rings. The van der Waals surface area contributed by atoms with E-state index in [0.717, 1.165) is 19.3 Å². The maximum absolute atomic E-state index is 12.3. The van der Waals surface area contributed by atoms with Gasteiger partial charge in [0.1, 0.15) is 5.75 Å². The van der Waals surface area contributed by atoms with E-state index < -0.39 is 6.61 Å². The van der Waals surface area contributed by atoms with Gasteiger partial charge in [0.2, 0.25) is 0 Å². The Morgan fingerprint density at radius 2 is 2.25 bits per heavy atom. The molecule has 134 valence electrons. The first-order valence-electron chi connectivity index (χ1n) is 8.07. The zero-order chi connectivity index (χ0) is 17.7. The maximum Gasteiger partial charge on any atom is 0.387 e. The largest absolute Gasteiger partial charge is 0.435 e. The van der Waals surface area contributed by atoms with E-state index in [1.54, 1.807) is 19.1 Å². The number of hydrogen-bond donors (Lipinski definition) is 3. The normalized spacial score (nSPS) is 24.7. The van der Waals surface area contributed by atoms with Gasteiger partial charge in [-0.3, -0.25) is 0 Å². The predicted molar refractivity (Wildman–Crippen MR) is 86.0 cm³/mol. The molecule has 3 N–H and O–H groups in total. The summed E-state index contributed by atoms with van der Waals surface area (Å²) < 4.78 is 28.9. The zero-order valence-electron chi connectivity index (χ0n) is 13.9. The molecule has 1 aliphatic rings. The van der Waals surface area contributed by atoms with E-state index in [9.17, 15) is 18.7 Å². The second-order valence-electron chi connectivity index (χ2n) is 6.55. The molecule has 3 atom stereocenters. The van der Waals surface area contributed by atoms with Gasteiger partial charge in [-0.15, -0.1) is 0 Å². The van der Waals surface area contributed by atoms with Crippen LogP contribution in [0.5, 0.6) is 5.75 Å². The maximum atomic E-state index is 12.3. The molecule has 0 aliphatic heterocycles. The van der Waals surface area contributed by atoms with Crippen molar-refractivity contribution in [2.45, 2.75) is 51.8 Å². The Balaban J connectivity index is 1.94. The molecular weight excluding hydrogens is 318 g/mol. The van der Waals surface area contributed by atoms with Crippen molar-refractivity contribution in [1.29, 1.82) is 0 Å². The van der Waals surface area contributed by atoms with E-state index >= 15 is 0 Å². The molecule has 0 saturated heterocycles. The number of urea groups is 1. The molecule has 1 aliphatic carbocycles. The molecule has 0 radical (unpaired) electrons. The third-order valence-corrected chi connectivity index (χ3v) is 4.68. The monoisotopic (exact) mass is 342 g/mol. The summed E-state index contributed by atoms with van der Waals surface area (Å²) in [5.41, 5.74) is 0.366. The molecule has 0 bridgehead atoms. The Bertz CT molecular complexity index is 571. The van der Waals surface area contributed by atoms with Crippen molar-refractivity contribution in [2.75, 3.05) is 6.61 Å². The van der Waals surface area contributed by atoms with Crippen LogP contribution in [0.3, 0.4) is 0 Å². The Hall–Kier alpha value is -1.89. The zero-order valence-corrected chi connectivity index (χ0v) is 13.9. The second kappa shape index (κ2) is 7.79. The van der Waals surface area contributed by atoms with E-state index in [4.69, 9.17) is 0 Å². The Kier molecular flexibility index (Phi) is 5.99. The van der Waals surface area contributed by atoms with Crippen molar-refractivity contribution < 1.29 is 23.4 Å². The van der Waals surface area contributed by atoms with Crippen LogP contribution >= 0.6 is 0 Å². The van der Waals surface area contributed by atoms with Gasteiger partial charge < -0.3 is 20.5 Å². The molecule has 0 aromatic heterocycles. The molecular formula is C17H24F2N2O3. The highest BCUT2D eigenvalue weighted by Crippen LogP contribution is 2.37. The van der Waals surface area contributed by atoms with Crippen molar-refractivity contribution in [3.8, 4) is 5.75 Å². The van der Waals surface area contributed by atoms with Gasteiger partial charge in [-0.25, -0.2) is 4.79 Å². The lowest BCUT2D eigenvalue weighted by atomic mass is 9.86. The first-order chi connectivity index (χ1) is 11.3. The SMILES string of the molecule is CC(NC(=O)NC1CCCC1(C)CO)c1cccc(OC(F)F)c1. The minimum atomic E-state index is -2.88. The highest BCUT2D eigenvalue weighted by Gasteiger charge is 2.39. The molecule has 0 spiro atoms. The lowest BCUT2D eigenvalue weighted by Gasteiger charge is -2.30. The van der Waals surface area contributed by atoms with E-state index in [1.165, 1.54) is 12.1 Å². The third kappa shape index (κ3) is 4.56. The minimum Gasteiger partial charge on any atom is -0.435 e. The molecule has 3 unspecified atom stereocenters. The quantitative estimate of drug-likeness (QED) is 0.743. The van der Waals surface area contributed by atoms with Gasteiger partial charge in [0.15, 0.2) is 0 Å². The van der Waals surface area contributed by atoms with Gasteiger partial charge in [-0.05, 0) is 37.5 Å². The highest BCUT2D eigenvalue weighted by atomic mass is 19.3. The highest BCUT2D eigenvalue weighted by molar-refractivity contribution is 5.75. The van der Waals surface area contributed by atoms with Crippen LogP contribution in [-0.4, -0.2) is 30.4 Å². The lowest BCUT2D eigenvalue weighted by molar-refractivity contribution is -0.0499. The average molecular weight is 342 g/mol. The van der Waals surface area contributed by atoms with Crippen molar-refractivity contribution in [3.63, 3.8) is 0 Å². The third-order valence-electron chi connectivity index (χ3n) is 4.68. The lowest BCUT2D eigenvalue weighted by Crippen LogP contribution is -2.49. The van der Waals surface area contributed by atoms with Gasteiger partial charge in [-0.1, -0.05) is 25.5 Å². The van der Waals surface area contributed by atoms with E-state index in [1.807, 2.05) is 6.92 Å². The van der Waals surface area contributed by atoms with Gasteiger partial charge >= 0.3 is 12.6 Å². The van der Waals surface area contributed by atoms with Crippen molar-refractivity contribution in [2.24, 2.45) is 5.41 Å². The van der Waals surface area contributed by atoms with Crippen LogP contribution in [0.2, 0.25) is 0 Å². The molecule has 5 nitrogen and oxygen atoms in total. The fourth-order valence-electron chi connectivity index (χ4n) is 3.11. The molecule has 1 saturated carbocycles. The summed E-state index contributed by atoms with van der Waals surface area (Å²) in [6, 6.07) is 5.46. The van der Waals surface area contributed by atoms with E-state index in [0.29, 0.717) is 5.56 Å². The minimum absolute atomic E-state index is 0.0283. The number of alkyl halides is 2. The van der Waals surface area contributed by atoms with Crippen LogP contribution in [-0.2, 0) is 0 Å². The van der Waals surface area contributed by atoms with Crippen LogP contribution in [0, 0.1) is 5.41 Å². The summed E-state index contributed by atoms with van der Waals surface area (Å²) in [5, 5.41) is 15.2. The number of halogens is 2. The van der Waals surface area contributed by atoms with Crippen molar-refractivity contribution in [1.82, 2.24) is 10.6 Å². The molecule has 1 aromatic carbocycles. The Labute approximate surface area is 140 Å². The number of benzene rings is 1. The van der Waals surface area contributed by atoms with Crippen LogP contribution in [0.4, 0.5) is 13.6 Å². The molecule has 1 aromatic rings. The van der Waals surface area contributed by atoms with Crippen LogP contribution in [0.15, 0.2) is 24.3 Å². The summed E-state index contributed by atoms with van der Waals surface area (Å²) in [6.45, 7) is 0.867. The van der Waals surface area contributed by atoms with Gasteiger partial charge in [0.05, 0.1) is 12.6 Å². The van der Waals surface area contributed by atoms with Gasteiger partial charge in [-0.2, -0.15) is 8.78 Å². The summed E-state index contributed by atoms with van der Waals surface area (Å²) in [4.78, 5) is 12.2. The van der Waals surface area contributed by atoms with Crippen LogP contribution in [0.25, 0.3) is 0 Å². The van der Waals surface area contributed by atoms with Crippen molar-refractivity contribution >= 4 is 6.03 Å². The predicted octanol–water partition coefficient (Wildman–Crippen LogP) is 3.20. The number of rotatable bonds is 6. The number of aliphatic hydroxyl groups excluding tert-OH is 1. The Morgan fingerprint density at radius 1 is 1.50 bits per heavy atom. The van der Waals surface area contributed by atoms with Gasteiger partial charge in [0.25, 0.3) is 0 Å². The number of carbonyl (C=O) groups excluding carboxylic acids is 1. The number of amides is 2.